The van der Waals surface area contributed by atoms with Crippen molar-refractivity contribution in [2.24, 2.45) is 0 Å². The minimum atomic E-state index is -0.442. The van der Waals surface area contributed by atoms with Gasteiger partial charge in [0.05, 0.1) is 13.1 Å². The Morgan fingerprint density at radius 2 is 2.12 bits per heavy atom. The molecule has 3 N–H and O–H groups in total. The Morgan fingerprint density at radius 3 is 2.83 bits per heavy atom. The third-order valence-corrected chi connectivity index (χ3v) is 3.41. The molecule has 1 aromatic carbocycles. The van der Waals surface area contributed by atoms with Crippen LogP contribution < -0.4 is 16.0 Å². The van der Waals surface area contributed by atoms with Crippen LogP contribution in [0, 0.1) is 12.3 Å². The highest BCUT2D eigenvalue weighted by atomic mass is 16.5. The number of rotatable bonds is 6. The zero-order valence-electron chi connectivity index (χ0n) is 13.1. The molecule has 0 radical (unpaired) electrons. The molecule has 0 aromatic heterocycles. The van der Waals surface area contributed by atoms with Gasteiger partial charge in [-0.3, -0.25) is 14.4 Å². The predicted molar refractivity (Wildman–Crippen MR) is 88.2 cm³/mol. The molecule has 1 atom stereocenters. The maximum atomic E-state index is 12.0. The van der Waals surface area contributed by atoms with Crippen LogP contribution in [0.5, 0.6) is 0 Å². The first-order chi connectivity index (χ1) is 11.6. The van der Waals surface area contributed by atoms with E-state index in [2.05, 4.69) is 21.9 Å². The van der Waals surface area contributed by atoms with Crippen LogP contribution in [-0.4, -0.2) is 43.5 Å². The van der Waals surface area contributed by atoms with Crippen LogP contribution in [0.2, 0.25) is 0 Å². The molecule has 2 rings (SSSR count). The zero-order chi connectivity index (χ0) is 17.4. The summed E-state index contributed by atoms with van der Waals surface area (Å²) in [6.07, 6.45) is 6.14. The third kappa shape index (κ3) is 5.11. The lowest BCUT2D eigenvalue weighted by Gasteiger charge is -2.11. The van der Waals surface area contributed by atoms with Crippen LogP contribution in [-0.2, 0) is 14.3 Å². The number of hydrogen-bond acceptors (Lipinski definition) is 4. The SMILES string of the molecule is C#CCNC(=O)CNC(=O)c1cccc(NC(=O)C2CCCO2)c1. The normalized spacial score (nSPS) is 16.0. The molecule has 1 saturated heterocycles. The molecule has 0 bridgehead atoms. The summed E-state index contributed by atoms with van der Waals surface area (Å²) < 4.78 is 5.31. The Bertz CT molecular complexity index is 660. The van der Waals surface area contributed by atoms with Crippen LogP contribution in [0.15, 0.2) is 24.3 Å². The molecule has 0 spiro atoms. The second-order valence-electron chi connectivity index (χ2n) is 5.24. The van der Waals surface area contributed by atoms with Gasteiger partial charge in [0.1, 0.15) is 6.10 Å². The van der Waals surface area contributed by atoms with E-state index < -0.39 is 12.0 Å². The molecule has 7 heteroatoms. The van der Waals surface area contributed by atoms with Crippen LogP contribution in [0.3, 0.4) is 0 Å². The van der Waals surface area contributed by atoms with E-state index in [4.69, 9.17) is 11.2 Å². The Morgan fingerprint density at radius 1 is 1.29 bits per heavy atom. The number of benzene rings is 1. The van der Waals surface area contributed by atoms with Crippen molar-refractivity contribution < 1.29 is 19.1 Å². The lowest BCUT2D eigenvalue weighted by atomic mass is 10.1. The molecule has 1 aliphatic rings. The molecule has 1 fully saturated rings. The topological polar surface area (TPSA) is 96.5 Å². The van der Waals surface area contributed by atoms with Gasteiger partial charge in [0, 0.05) is 17.9 Å². The number of hydrogen-bond donors (Lipinski definition) is 3. The molecule has 1 unspecified atom stereocenters. The van der Waals surface area contributed by atoms with Gasteiger partial charge >= 0.3 is 0 Å². The van der Waals surface area contributed by atoms with E-state index in [9.17, 15) is 14.4 Å². The molecule has 1 aliphatic heterocycles. The second kappa shape index (κ2) is 8.70. The molecule has 1 heterocycles. The fraction of sp³-hybridized carbons (Fsp3) is 0.353. The fourth-order valence-electron chi connectivity index (χ4n) is 2.22. The number of nitrogens with one attached hydrogen (secondary N) is 3. The largest absolute Gasteiger partial charge is 0.368 e. The van der Waals surface area contributed by atoms with E-state index in [0.717, 1.165) is 6.42 Å². The van der Waals surface area contributed by atoms with Gasteiger partial charge < -0.3 is 20.7 Å². The number of carbonyl (C=O) groups is 3. The van der Waals surface area contributed by atoms with Gasteiger partial charge in [-0.05, 0) is 31.0 Å². The smallest absolute Gasteiger partial charge is 0.253 e. The molecule has 24 heavy (non-hydrogen) atoms. The highest BCUT2D eigenvalue weighted by Crippen LogP contribution is 2.16. The van der Waals surface area contributed by atoms with E-state index in [0.29, 0.717) is 24.3 Å². The summed E-state index contributed by atoms with van der Waals surface area (Å²) in [4.78, 5) is 35.5. The van der Waals surface area contributed by atoms with Crippen LogP contribution in [0.4, 0.5) is 5.69 Å². The van der Waals surface area contributed by atoms with Crippen molar-refractivity contribution >= 4 is 23.4 Å². The molecule has 0 aliphatic carbocycles. The summed E-state index contributed by atoms with van der Waals surface area (Å²) in [6.45, 7) is 0.523. The molecule has 3 amide bonds. The summed E-state index contributed by atoms with van der Waals surface area (Å²) in [7, 11) is 0. The van der Waals surface area contributed by atoms with Crippen molar-refractivity contribution in [1.29, 1.82) is 0 Å². The third-order valence-electron chi connectivity index (χ3n) is 3.41. The Hall–Kier alpha value is -2.85. The first-order valence-corrected chi connectivity index (χ1v) is 7.61. The average molecular weight is 329 g/mol. The van der Waals surface area contributed by atoms with E-state index >= 15 is 0 Å². The van der Waals surface area contributed by atoms with Crippen molar-refractivity contribution in [1.82, 2.24) is 10.6 Å². The Balaban J connectivity index is 1.89. The van der Waals surface area contributed by atoms with Crippen molar-refractivity contribution in [2.45, 2.75) is 18.9 Å². The zero-order valence-corrected chi connectivity index (χ0v) is 13.1. The maximum absolute atomic E-state index is 12.0. The first kappa shape index (κ1) is 17.5. The van der Waals surface area contributed by atoms with Crippen LogP contribution in [0.25, 0.3) is 0 Å². The van der Waals surface area contributed by atoms with Crippen LogP contribution >= 0.6 is 0 Å². The highest BCUT2D eigenvalue weighted by Gasteiger charge is 2.23. The number of anilines is 1. The number of ether oxygens (including phenoxy) is 1. The summed E-state index contributed by atoms with van der Waals surface area (Å²) >= 11 is 0. The number of amides is 3. The summed E-state index contributed by atoms with van der Waals surface area (Å²) in [5.74, 6) is 1.26. The van der Waals surface area contributed by atoms with Gasteiger partial charge in [-0.15, -0.1) is 6.42 Å². The number of terminal acetylenes is 1. The van der Waals surface area contributed by atoms with Gasteiger partial charge in [0.15, 0.2) is 0 Å². The molecule has 126 valence electrons. The fourth-order valence-corrected chi connectivity index (χ4v) is 2.22. The minimum absolute atomic E-state index is 0.111. The maximum Gasteiger partial charge on any atom is 0.253 e. The molecule has 1 aromatic rings. The molecule has 7 nitrogen and oxygen atoms in total. The van der Waals surface area contributed by atoms with E-state index in [1.165, 1.54) is 0 Å². The quantitative estimate of drug-likeness (QED) is 0.653. The average Bonchev–Trinajstić information content (AvgIpc) is 3.12. The lowest BCUT2D eigenvalue weighted by Crippen LogP contribution is -2.37. The Kier molecular flexibility index (Phi) is 6.34. The van der Waals surface area contributed by atoms with Crippen molar-refractivity contribution in [3.05, 3.63) is 29.8 Å². The lowest BCUT2D eigenvalue weighted by molar-refractivity contribution is -0.124. The number of carbonyl (C=O) groups excluding carboxylic acids is 3. The van der Waals surface area contributed by atoms with Crippen LogP contribution in [0.1, 0.15) is 23.2 Å². The molecule has 0 saturated carbocycles. The summed E-state index contributed by atoms with van der Waals surface area (Å²) in [5.41, 5.74) is 0.838. The monoisotopic (exact) mass is 329 g/mol. The summed E-state index contributed by atoms with van der Waals surface area (Å²) in [6, 6.07) is 6.47. The molecular formula is C17H19N3O4. The van der Waals surface area contributed by atoms with E-state index in [1.54, 1.807) is 24.3 Å². The second-order valence-corrected chi connectivity index (χ2v) is 5.24. The highest BCUT2D eigenvalue weighted by molar-refractivity contribution is 5.99. The van der Waals surface area contributed by atoms with Gasteiger partial charge in [0.25, 0.3) is 11.8 Å². The minimum Gasteiger partial charge on any atom is -0.368 e. The van der Waals surface area contributed by atoms with Crippen molar-refractivity contribution in [2.75, 3.05) is 25.0 Å². The van der Waals surface area contributed by atoms with Crippen molar-refractivity contribution in [3.63, 3.8) is 0 Å². The first-order valence-electron chi connectivity index (χ1n) is 7.61. The predicted octanol–water partition coefficient (Wildman–Crippen LogP) is 0.283. The van der Waals surface area contributed by atoms with Gasteiger partial charge in [-0.25, -0.2) is 0 Å². The van der Waals surface area contributed by atoms with E-state index in [-0.39, 0.29) is 24.9 Å². The van der Waals surface area contributed by atoms with Gasteiger partial charge in [-0.2, -0.15) is 0 Å². The van der Waals surface area contributed by atoms with E-state index in [1.807, 2.05) is 0 Å². The standard InChI is InChI=1S/C17H19N3O4/c1-2-8-18-15(21)11-19-16(22)12-5-3-6-13(10-12)20-17(23)14-7-4-9-24-14/h1,3,5-6,10,14H,4,7-9,11H2,(H,18,21)(H,19,22)(H,20,23). The molecular weight excluding hydrogens is 310 g/mol. The van der Waals surface area contributed by atoms with Gasteiger partial charge in [-0.1, -0.05) is 12.0 Å². The summed E-state index contributed by atoms with van der Waals surface area (Å²) in [5, 5.41) is 7.66. The van der Waals surface area contributed by atoms with Gasteiger partial charge in [0.2, 0.25) is 5.91 Å². The van der Waals surface area contributed by atoms with Crippen molar-refractivity contribution in [3.8, 4) is 12.3 Å². The Labute approximate surface area is 140 Å².